The van der Waals surface area contributed by atoms with Gasteiger partial charge in [-0.3, -0.25) is 4.98 Å². The smallest absolute Gasteiger partial charge is 0.122 e. The highest BCUT2D eigenvalue weighted by atomic mass is 16.5. The Morgan fingerprint density at radius 3 is 2.88 bits per heavy atom. The molecule has 1 heterocycles. The number of ether oxygens (including phenoxy) is 1. The van der Waals surface area contributed by atoms with E-state index in [9.17, 15) is 0 Å². The lowest BCUT2D eigenvalue weighted by molar-refractivity contribution is 0.412. The Morgan fingerprint density at radius 1 is 1.19 bits per heavy atom. The van der Waals surface area contributed by atoms with Crippen LogP contribution in [0.25, 0.3) is 10.9 Å². The second-order valence-electron chi connectivity index (χ2n) is 4.46. The van der Waals surface area contributed by atoms with Gasteiger partial charge in [0.1, 0.15) is 5.75 Å². The minimum absolute atomic E-state index is 0.951. The molecule has 1 aliphatic carbocycles. The summed E-state index contributed by atoms with van der Waals surface area (Å²) in [6.45, 7) is 2.06. The molecule has 3 rings (SSSR count). The third kappa shape index (κ3) is 1.37. The topological polar surface area (TPSA) is 22.1 Å². The molecular weight excluding hydrogens is 198 g/mol. The van der Waals surface area contributed by atoms with E-state index in [2.05, 4.69) is 25.1 Å². The quantitative estimate of drug-likeness (QED) is 0.726. The van der Waals surface area contributed by atoms with Gasteiger partial charge in [0.2, 0.25) is 0 Å². The number of benzene rings is 1. The number of nitrogens with zero attached hydrogens (tertiary/aromatic N) is 1. The number of hydrogen-bond acceptors (Lipinski definition) is 2. The summed E-state index contributed by atoms with van der Waals surface area (Å²) in [5.41, 5.74) is 4.95. The standard InChI is InChI=1S/C14H15NO/c1-9-6-13-11(8-14(9)16-2)7-10-4-3-5-12(10)15-13/h6-8H,3-5H2,1-2H3. The maximum atomic E-state index is 5.34. The van der Waals surface area contributed by atoms with Gasteiger partial charge in [-0.1, -0.05) is 0 Å². The number of hydrogen-bond donors (Lipinski definition) is 0. The van der Waals surface area contributed by atoms with Crippen LogP contribution < -0.4 is 4.74 Å². The molecule has 0 fully saturated rings. The van der Waals surface area contributed by atoms with Gasteiger partial charge in [0.05, 0.1) is 12.6 Å². The summed E-state index contributed by atoms with van der Waals surface area (Å²) in [4.78, 5) is 4.74. The Bertz CT molecular complexity index is 550. The van der Waals surface area contributed by atoms with Crippen LogP contribution >= 0.6 is 0 Å². The summed E-state index contributed by atoms with van der Waals surface area (Å²) in [6, 6.07) is 6.48. The molecule has 2 nitrogen and oxygen atoms in total. The Balaban J connectivity index is 2.28. The molecule has 0 aliphatic heterocycles. The highest BCUT2D eigenvalue weighted by molar-refractivity contribution is 5.82. The van der Waals surface area contributed by atoms with Crippen LogP contribution in [0, 0.1) is 6.92 Å². The van der Waals surface area contributed by atoms with Crippen molar-refractivity contribution in [3.05, 3.63) is 35.0 Å². The number of aryl methyl sites for hydroxylation is 3. The van der Waals surface area contributed by atoms with Crippen molar-refractivity contribution in [2.75, 3.05) is 7.11 Å². The maximum absolute atomic E-state index is 5.34. The molecule has 0 spiro atoms. The molecule has 0 saturated heterocycles. The van der Waals surface area contributed by atoms with Crippen LogP contribution in [0.1, 0.15) is 23.2 Å². The number of rotatable bonds is 1. The number of methoxy groups -OCH3 is 1. The van der Waals surface area contributed by atoms with Crippen LogP contribution in [0.2, 0.25) is 0 Å². The average molecular weight is 213 g/mol. The Labute approximate surface area is 95.3 Å². The molecule has 0 radical (unpaired) electrons. The zero-order chi connectivity index (χ0) is 11.1. The van der Waals surface area contributed by atoms with Crippen molar-refractivity contribution < 1.29 is 4.74 Å². The van der Waals surface area contributed by atoms with Gasteiger partial charge in [0, 0.05) is 11.1 Å². The van der Waals surface area contributed by atoms with Crippen molar-refractivity contribution >= 4 is 10.9 Å². The van der Waals surface area contributed by atoms with Gasteiger partial charge >= 0.3 is 0 Å². The highest BCUT2D eigenvalue weighted by Gasteiger charge is 2.13. The summed E-state index contributed by atoms with van der Waals surface area (Å²) in [5, 5.41) is 1.20. The van der Waals surface area contributed by atoms with Crippen LogP contribution in [0.3, 0.4) is 0 Å². The molecular formula is C14H15NO. The van der Waals surface area contributed by atoms with Crippen molar-refractivity contribution in [3.8, 4) is 5.75 Å². The van der Waals surface area contributed by atoms with E-state index >= 15 is 0 Å². The first-order chi connectivity index (χ1) is 7.78. The minimum Gasteiger partial charge on any atom is -0.496 e. The summed E-state index contributed by atoms with van der Waals surface area (Å²) < 4.78 is 5.34. The van der Waals surface area contributed by atoms with E-state index < -0.39 is 0 Å². The number of aromatic nitrogens is 1. The summed E-state index contributed by atoms with van der Waals surface area (Å²) >= 11 is 0. The van der Waals surface area contributed by atoms with Crippen LogP contribution in [-0.2, 0) is 12.8 Å². The van der Waals surface area contributed by atoms with Crippen LogP contribution in [0.15, 0.2) is 18.2 Å². The largest absolute Gasteiger partial charge is 0.496 e. The van der Waals surface area contributed by atoms with Gasteiger partial charge in [-0.25, -0.2) is 0 Å². The van der Waals surface area contributed by atoms with Crippen molar-refractivity contribution in [1.82, 2.24) is 4.98 Å². The lowest BCUT2D eigenvalue weighted by Gasteiger charge is -2.08. The fraction of sp³-hybridized carbons (Fsp3) is 0.357. The normalized spacial score (nSPS) is 14.1. The van der Waals surface area contributed by atoms with E-state index in [1.165, 1.54) is 29.5 Å². The van der Waals surface area contributed by atoms with Gasteiger partial charge in [-0.15, -0.1) is 0 Å². The lowest BCUT2D eigenvalue weighted by Crippen LogP contribution is -1.92. The van der Waals surface area contributed by atoms with E-state index in [1.54, 1.807) is 7.11 Å². The Kier molecular flexibility index (Phi) is 2.10. The van der Waals surface area contributed by atoms with Crippen molar-refractivity contribution in [1.29, 1.82) is 0 Å². The molecule has 0 saturated carbocycles. The minimum atomic E-state index is 0.951. The molecule has 16 heavy (non-hydrogen) atoms. The van der Waals surface area contributed by atoms with Gasteiger partial charge in [-0.2, -0.15) is 0 Å². The van der Waals surface area contributed by atoms with Crippen molar-refractivity contribution in [2.45, 2.75) is 26.2 Å². The van der Waals surface area contributed by atoms with Gasteiger partial charge in [0.25, 0.3) is 0 Å². The third-order valence-corrected chi connectivity index (χ3v) is 3.36. The van der Waals surface area contributed by atoms with Crippen molar-refractivity contribution in [2.24, 2.45) is 0 Å². The predicted octanol–water partition coefficient (Wildman–Crippen LogP) is 3.04. The molecule has 0 unspecified atom stereocenters. The van der Waals surface area contributed by atoms with Crippen LogP contribution in [0.4, 0.5) is 0 Å². The van der Waals surface area contributed by atoms with E-state index in [1.807, 2.05) is 0 Å². The third-order valence-electron chi connectivity index (χ3n) is 3.36. The number of fused-ring (bicyclic) bond motifs is 2. The second kappa shape index (κ2) is 3.48. The van der Waals surface area contributed by atoms with Crippen LogP contribution in [-0.4, -0.2) is 12.1 Å². The Hall–Kier alpha value is -1.57. The Morgan fingerprint density at radius 2 is 2.06 bits per heavy atom. The first-order valence-electron chi connectivity index (χ1n) is 5.75. The molecule has 1 aromatic carbocycles. The summed E-state index contributed by atoms with van der Waals surface area (Å²) in [7, 11) is 1.72. The molecule has 1 aromatic heterocycles. The molecule has 2 heteroatoms. The molecule has 0 amide bonds. The fourth-order valence-electron chi connectivity index (χ4n) is 2.49. The SMILES string of the molecule is COc1cc2cc3c(nc2cc1C)CCC3. The van der Waals surface area contributed by atoms with E-state index in [0.29, 0.717) is 0 Å². The summed E-state index contributed by atoms with van der Waals surface area (Å²) in [5.74, 6) is 0.951. The highest BCUT2D eigenvalue weighted by Crippen LogP contribution is 2.28. The van der Waals surface area contributed by atoms with Crippen molar-refractivity contribution in [3.63, 3.8) is 0 Å². The predicted molar refractivity (Wildman–Crippen MR) is 65.1 cm³/mol. The maximum Gasteiger partial charge on any atom is 0.122 e. The van der Waals surface area contributed by atoms with Gasteiger partial charge in [0.15, 0.2) is 0 Å². The molecule has 82 valence electrons. The summed E-state index contributed by atoms with van der Waals surface area (Å²) in [6.07, 6.45) is 3.56. The van der Waals surface area contributed by atoms with E-state index in [4.69, 9.17) is 9.72 Å². The fourth-order valence-corrected chi connectivity index (χ4v) is 2.49. The zero-order valence-electron chi connectivity index (χ0n) is 9.71. The first kappa shape index (κ1) is 9.64. The molecule has 2 aromatic rings. The van der Waals surface area contributed by atoms with Gasteiger partial charge in [-0.05, 0) is 55.5 Å². The first-order valence-corrected chi connectivity index (χ1v) is 5.75. The second-order valence-corrected chi connectivity index (χ2v) is 4.46. The lowest BCUT2D eigenvalue weighted by atomic mass is 10.1. The molecule has 0 atom stereocenters. The zero-order valence-corrected chi connectivity index (χ0v) is 9.71. The average Bonchev–Trinajstić information content (AvgIpc) is 2.72. The van der Waals surface area contributed by atoms with Crippen LogP contribution in [0.5, 0.6) is 5.75 Å². The number of pyridine rings is 1. The van der Waals surface area contributed by atoms with E-state index in [-0.39, 0.29) is 0 Å². The molecule has 0 bridgehead atoms. The van der Waals surface area contributed by atoms with Gasteiger partial charge < -0.3 is 4.74 Å². The monoisotopic (exact) mass is 213 g/mol. The van der Waals surface area contributed by atoms with E-state index in [0.717, 1.165) is 23.3 Å². The molecule has 0 N–H and O–H groups in total. The molecule has 1 aliphatic rings.